The van der Waals surface area contributed by atoms with Gasteiger partial charge in [0.25, 0.3) is 0 Å². The minimum Gasteiger partial charge on any atom is -0.462 e. The van der Waals surface area contributed by atoms with Crippen LogP contribution in [0.15, 0.2) is 42.5 Å². The number of nitrogens with zero attached hydrogens (tertiary/aromatic N) is 1. The van der Waals surface area contributed by atoms with E-state index in [4.69, 9.17) is 20.6 Å². The van der Waals surface area contributed by atoms with Gasteiger partial charge in [0.2, 0.25) is 0 Å². The Morgan fingerprint density at radius 2 is 1.84 bits per heavy atom. The zero-order valence-corrected chi connectivity index (χ0v) is 19.4. The number of hydrogen-bond acceptors (Lipinski definition) is 5. The molecule has 0 spiro atoms. The number of piperidine rings is 1. The number of likely N-dealkylation sites (tertiary alicyclic amines) is 1. The molecule has 172 valence electrons. The molecule has 32 heavy (non-hydrogen) atoms. The van der Waals surface area contributed by atoms with Crippen molar-refractivity contribution in [1.29, 1.82) is 5.41 Å². The number of nitrogens with two attached hydrogens (primary N) is 1. The Hall–Kier alpha value is -2.70. The van der Waals surface area contributed by atoms with Crippen molar-refractivity contribution in [2.24, 2.45) is 11.7 Å². The van der Waals surface area contributed by atoms with Crippen LogP contribution in [-0.4, -0.2) is 49.0 Å². The average molecular weight is 438 g/mol. The van der Waals surface area contributed by atoms with Crippen molar-refractivity contribution in [3.05, 3.63) is 59.2 Å². The summed E-state index contributed by atoms with van der Waals surface area (Å²) in [7, 11) is 0. The molecule has 1 saturated heterocycles. The summed E-state index contributed by atoms with van der Waals surface area (Å²) in [6, 6.07) is 13.8. The highest BCUT2D eigenvalue weighted by atomic mass is 16.5. The first kappa shape index (κ1) is 24.0. The van der Waals surface area contributed by atoms with E-state index < -0.39 is 0 Å². The molecule has 0 unspecified atom stereocenters. The molecule has 1 heterocycles. The minimum atomic E-state index is -0.348. The van der Waals surface area contributed by atoms with E-state index in [2.05, 4.69) is 18.7 Å². The molecule has 0 bridgehead atoms. The van der Waals surface area contributed by atoms with Crippen LogP contribution in [0.4, 0.5) is 0 Å². The summed E-state index contributed by atoms with van der Waals surface area (Å²) in [6.07, 6.45) is 2.31. The second-order valence-corrected chi connectivity index (χ2v) is 8.72. The van der Waals surface area contributed by atoms with Crippen molar-refractivity contribution in [2.45, 2.75) is 46.3 Å². The van der Waals surface area contributed by atoms with E-state index in [1.807, 2.05) is 36.4 Å². The molecule has 1 aliphatic heterocycles. The lowest BCUT2D eigenvalue weighted by atomic mass is 9.96. The lowest BCUT2D eigenvalue weighted by Crippen LogP contribution is -2.39. The number of ether oxygens (including phenoxy) is 2. The normalized spacial score (nSPS) is 15.1. The topological polar surface area (TPSA) is 88.6 Å². The first-order chi connectivity index (χ1) is 15.4. The van der Waals surface area contributed by atoms with Crippen molar-refractivity contribution >= 4 is 11.8 Å². The number of carbonyl (C=O) groups is 1. The second-order valence-electron chi connectivity index (χ2n) is 8.72. The standard InChI is InChI=1S/C26H35N3O3/c1-4-32-26(30)24-13-20(17-31-16-19-8-10-29(11-9-19)18(2)3)12-23(15-24)21-6-5-7-22(14-21)25(27)28/h5-7,12-15,18-19H,4,8-11,16-17H2,1-3H3,(H3,27,28). The number of rotatable bonds is 9. The zero-order chi connectivity index (χ0) is 23.1. The van der Waals surface area contributed by atoms with Crippen LogP contribution in [0.5, 0.6) is 0 Å². The highest BCUT2D eigenvalue weighted by Crippen LogP contribution is 2.25. The molecule has 6 nitrogen and oxygen atoms in total. The summed E-state index contributed by atoms with van der Waals surface area (Å²) in [5, 5.41) is 7.71. The van der Waals surface area contributed by atoms with Gasteiger partial charge in [-0.3, -0.25) is 5.41 Å². The Balaban J connectivity index is 1.73. The number of benzene rings is 2. The van der Waals surface area contributed by atoms with Crippen molar-refractivity contribution < 1.29 is 14.3 Å². The number of hydrogen-bond donors (Lipinski definition) is 2. The maximum absolute atomic E-state index is 12.4. The average Bonchev–Trinajstić information content (AvgIpc) is 2.79. The molecule has 2 aromatic rings. The van der Waals surface area contributed by atoms with Crippen molar-refractivity contribution in [3.8, 4) is 11.1 Å². The Morgan fingerprint density at radius 1 is 1.12 bits per heavy atom. The lowest BCUT2D eigenvalue weighted by molar-refractivity contribution is 0.0504. The minimum absolute atomic E-state index is 0.0143. The maximum Gasteiger partial charge on any atom is 0.338 e. The van der Waals surface area contributed by atoms with E-state index in [9.17, 15) is 4.79 Å². The van der Waals surface area contributed by atoms with Gasteiger partial charge in [0, 0.05) is 18.2 Å². The van der Waals surface area contributed by atoms with Gasteiger partial charge in [-0.1, -0.05) is 18.2 Å². The molecule has 3 N–H and O–H groups in total. The van der Waals surface area contributed by atoms with Crippen LogP contribution in [0.3, 0.4) is 0 Å². The third kappa shape index (κ3) is 6.40. The highest BCUT2D eigenvalue weighted by Gasteiger charge is 2.21. The second kappa shape index (κ2) is 11.2. The molecule has 2 aromatic carbocycles. The van der Waals surface area contributed by atoms with Crippen molar-refractivity contribution in [2.75, 3.05) is 26.3 Å². The molecular weight excluding hydrogens is 402 g/mol. The van der Waals surface area contributed by atoms with Crippen LogP contribution in [0.2, 0.25) is 0 Å². The van der Waals surface area contributed by atoms with Crippen molar-refractivity contribution in [1.82, 2.24) is 4.90 Å². The quantitative estimate of drug-likeness (QED) is 0.344. The van der Waals surface area contributed by atoms with Crippen LogP contribution < -0.4 is 5.73 Å². The van der Waals surface area contributed by atoms with E-state index >= 15 is 0 Å². The van der Waals surface area contributed by atoms with Crippen LogP contribution in [0.1, 0.15) is 55.1 Å². The molecule has 1 fully saturated rings. The Kier molecular flexibility index (Phi) is 8.42. The third-order valence-electron chi connectivity index (χ3n) is 6.01. The monoisotopic (exact) mass is 437 g/mol. The Labute approximate surface area is 191 Å². The van der Waals surface area contributed by atoms with E-state index in [0.29, 0.717) is 36.3 Å². The maximum atomic E-state index is 12.4. The van der Waals surface area contributed by atoms with Gasteiger partial charge >= 0.3 is 5.97 Å². The molecular formula is C26H35N3O3. The predicted molar refractivity (Wildman–Crippen MR) is 128 cm³/mol. The molecule has 0 amide bonds. The summed E-state index contributed by atoms with van der Waals surface area (Å²) in [5.41, 5.74) is 9.51. The van der Waals surface area contributed by atoms with Crippen LogP contribution in [-0.2, 0) is 16.1 Å². The SMILES string of the molecule is CCOC(=O)c1cc(COCC2CCN(C(C)C)CC2)cc(-c2cccc(C(=N)N)c2)c1. The van der Waals surface area contributed by atoms with Gasteiger partial charge in [0.05, 0.1) is 18.8 Å². The smallest absolute Gasteiger partial charge is 0.338 e. The van der Waals surface area contributed by atoms with Gasteiger partial charge < -0.3 is 20.1 Å². The molecule has 0 radical (unpaired) electrons. The van der Waals surface area contributed by atoms with Gasteiger partial charge in [-0.25, -0.2) is 4.79 Å². The van der Waals surface area contributed by atoms with Crippen molar-refractivity contribution in [3.63, 3.8) is 0 Å². The molecule has 3 rings (SSSR count). The molecule has 0 atom stereocenters. The number of carbonyl (C=O) groups excluding carboxylic acids is 1. The fraction of sp³-hybridized carbons (Fsp3) is 0.462. The first-order valence-electron chi connectivity index (χ1n) is 11.4. The van der Waals surface area contributed by atoms with Crippen LogP contribution >= 0.6 is 0 Å². The van der Waals surface area contributed by atoms with Gasteiger partial charge in [0.15, 0.2) is 0 Å². The molecule has 0 aliphatic carbocycles. The van der Waals surface area contributed by atoms with Crippen LogP contribution in [0, 0.1) is 11.3 Å². The van der Waals surface area contributed by atoms with E-state index in [-0.39, 0.29) is 11.8 Å². The summed E-state index contributed by atoms with van der Waals surface area (Å²) >= 11 is 0. The molecule has 6 heteroatoms. The summed E-state index contributed by atoms with van der Waals surface area (Å²) in [6.45, 7) is 10.0. The molecule has 0 saturated carbocycles. The predicted octanol–water partition coefficient (Wildman–Crippen LogP) is 4.45. The van der Waals surface area contributed by atoms with Gasteiger partial charge in [0.1, 0.15) is 5.84 Å². The van der Waals surface area contributed by atoms with E-state index in [1.54, 1.807) is 13.0 Å². The van der Waals surface area contributed by atoms with Gasteiger partial charge in [-0.2, -0.15) is 0 Å². The Morgan fingerprint density at radius 3 is 2.50 bits per heavy atom. The van der Waals surface area contributed by atoms with E-state index in [0.717, 1.165) is 49.2 Å². The zero-order valence-electron chi connectivity index (χ0n) is 19.4. The first-order valence-corrected chi connectivity index (χ1v) is 11.4. The number of nitrogen functional groups attached to an aromatic ring is 1. The largest absolute Gasteiger partial charge is 0.462 e. The fourth-order valence-electron chi connectivity index (χ4n) is 4.12. The number of amidine groups is 1. The van der Waals surface area contributed by atoms with Gasteiger partial charge in [-0.15, -0.1) is 0 Å². The summed E-state index contributed by atoms with van der Waals surface area (Å²) < 4.78 is 11.3. The third-order valence-corrected chi connectivity index (χ3v) is 6.01. The van der Waals surface area contributed by atoms with E-state index in [1.165, 1.54) is 0 Å². The highest BCUT2D eigenvalue weighted by molar-refractivity contribution is 5.96. The summed E-state index contributed by atoms with van der Waals surface area (Å²) in [5.74, 6) is 0.241. The summed E-state index contributed by atoms with van der Waals surface area (Å²) in [4.78, 5) is 15.0. The lowest BCUT2D eigenvalue weighted by Gasteiger charge is -2.34. The molecule has 0 aromatic heterocycles. The Bertz CT molecular complexity index is 934. The fourth-order valence-corrected chi connectivity index (χ4v) is 4.12. The van der Waals surface area contributed by atoms with Crippen LogP contribution in [0.25, 0.3) is 11.1 Å². The molecule has 1 aliphatic rings. The van der Waals surface area contributed by atoms with Gasteiger partial charge in [-0.05, 0) is 93.6 Å². The number of esters is 1. The number of nitrogens with one attached hydrogen (secondary N) is 1.